The van der Waals surface area contributed by atoms with Crippen LogP contribution in [-0.2, 0) is 0 Å². The third-order valence-electron chi connectivity index (χ3n) is 3.11. The van der Waals surface area contributed by atoms with E-state index >= 15 is 0 Å². The van der Waals surface area contributed by atoms with Crippen molar-refractivity contribution in [2.75, 3.05) is 18.0 Å². The number of rotatable bonds is 1. The molecule has 2 rings (SSSR count). The van der Waals surface area contributed by atoms with Crippen molar-refractivity contribution in [2.24, 2.45) is 5.41 Å². The molecule has 0 atom stereocenters. The quantitative estimate of drug-likeness (QED) is 0.699. The summed E-state index contributed by atoms with van der Waals surface area (Å²) in [6.45, 7) is 3.91. The molecule has 1 aliphatic rings. The summed E-state index contributed by atoms with van der Waals surface area (Å²) in [7, 11) is 0. The zero-order valence-electron chi connectivity index (χ0n) is 8.98. The lowest BCUT2D eigenvalue weighted by Gasteiger charge is -2.35. The summed E-state index contributed by atoms with van der Waals surface area (Å²) in [4.78, 5) is 6.57. The van der Waals surface area contributed by atoms with Crippen LogP contribution in [0.2, 0.25) is 0 Å². The second kappa shape index (κ2) is 3.90. The van der Waals surface area contributed by atoms with Crippen molar-refractivity contribution in [3.63, 3.8) is 0 Å². The van der Waals surface area contributed by atoms with Crippen molar-refractivity contribution in [1.29, 1.82) is 5.26 Å². The highest BCUT2D eigenvalue weighted by molar-refractivity contribution is 5.38. The fourth-order valence-corrected chi connectivity index (χ4v) is 1.88. The molecule has 1 fully saturated rings. The Kier molecular flexibility index (Phi) is 2.59. The molecule has 0 aromatic carbocycles. The first-order chi connectivity index (χ1) is 7.23. The zero-order valence-corrected chi connectivity index (χ0v) is 8.98. The monoisotopic (exact) mass is 201 g/mol. The molecule has 0 aliphatic carbocycles. The van der Waals surface area contributed by atoms with Gasteiger partial charge in [-0.2, -0.15) is 5.26 Å². The molecule has 0 amide bonds. The Morgan fingerprint density at radius 2 is 2.13 bits per heavy atom. The molecule has 15 heavy (non-hydrogen) atoms. The van der Waals surface area contributed by atoms with Crippen molar-refractivity contribution < 1.29 is 0 Å². The predicted molar refractivity (Wildman–Crippen MR) is 59.4 cm³/mol. The Morgan fingerprint density at radius 3 is 2.67 bits per heavy atom. The van der Waals surface area contributed by atoms with E-state index in [0.29, 0.717) is 0 Å². The van der Waals surface area contributed by atoms with Crippen LogP contribution >= 0.6 is 0 Å². The highest BCUT2D eigenvalue weighted by Crippen LogP contribution is 2.31. The second-order valence-corrected chi connectivity index (χ2v) is 4.35. The maximum Gasteiger partial charge on any atom is 0.128 e. The summed E-state index contributed by atoms with van der Waals surface area (Å²) in [6.07, 6.45) is 3.67. The zero-order chi connectivity index (χ0) is 10.7. The van der Waals surface area contributed by atoms with Gasteiger partial charge in [0.05, 0.1) is 11.5 Å². The maximum atomic E-state index is 9.02. The maximum absolute atomic E-state index is 9.02. The molecule has 1 saturated heterocycles. The van der Waals surface area contributed by atoms with E-state index in [-0.39, 0.29) is 5.41 Å². The molecule has 0 unspecified atom stereocenters. The third-order valence-corrected chi connectivity index (χ3v) is 3.11. The lowest BCUT2D eigenvalue weighted by Crippen LogP contribution is -2.38. The van der Waals surface area contributed by atoms with Crippen LogP contribution in [0.4, 0.5) is 5.82 Å². The SMILES string of the molecule is CC1(C#N)CCN(c2ccccn2)CC1. The van der Waals surface area contributed by atoms with E-state index in [2.05, 4.69) is 16.0 Å². The predicted octanol–water partition coefficient (Wildman–Crippen LogP) is 2.21. The summed E-state index contributed by atoms with van der Waals surface area (Å²) >= 11 is 0. The summed E-state index contributed by atoms with van der Waals surface area (Å²) in [5.41, 5.74) is -0.134. The number of nitrogens with zero attached hydrogens (tertiary/aromatic N) is 3. The second-order valence-electron chi connectivity index (χ2n) is 4.35. The van der Waals surface area contributed by atoms with Crippen LogP contribution in [0.25, 0.3) is 0 Å². The molecule has 1 aromatic heterocycles. The van der Waals surface area contributed by atoms with E-state index in [1.54, 1.807) is 0 Å². The fraction of sp³-hybridized carbons (Fsp3) is 0.500. The fourth-order valence-electron chi connectivity index (χ4n) is 1.88. The van der Waals surface area contributed by atoms with E-state index in [0.717, 1.165) is 31.7 Å². The van der Waals surface area contributed by atoms with Gasteiger partial charge in [-0.25, -0.2) is 4.98 Å². The lowest BCUT2D eigenvalue weighted by atomic mass is 9.82. The van der Waals surface area contributed by atoms with Crippen LogP contribution < -0.4 is 4.90 Å². The number of piperidine rings is 1. The normalized spacial score (nSPS) is 19.6. The largest absolute Gasteiger partial charge is 0.357 e. The first kappa shape index (κ1) is 9.97. The highest BCUT2D eigenvalue weighted by Gasteiger charge is 2.30. The third kappa shape index (κ3) is 2.10. The lowest BCUT2D eigenvalue weighted by molar-refractivity contribution is 0.336. The molecule has 0 bridgehead atoms. The van der Waals surface area contributed by atoms with E-state index in [1.165, 1.54) is 0 Å². The van der Waals surface area contributed by atoms with Crippen molar-refractivity contribution in [1.82, 2.24) is 4.98 Å². The minimum Gasteiger partial charge on any atom is -0.357 e. The minimum atomic E-state index is -0.134. The Labute approximate surface area is 90.4 Å². The van der Waals surface area contributed by atoms with Crippen molar-refractivity contribution >= 4 is 5.82 Å². The minimum absolute atomic E-state index is 0.134. The van der Waals surface area contributed by atoms with Gasteiger partial charge in [0.1, 0.15) is 5.82 Å². The van der Waals surface area contributed by atoms with Crippen molar-refractivity contribution in [2.45, 2.75) is 19.8 Å². The van der Waals surface area contributed by atoms with Gasteiger partial charge >= 0.3 is 0 Å². The van der Waals surface area contributed by atoms with Crippen LogP contribution in [0, 0.1) is 16.7 Å². The van der Waals surface area contributed by atoms with E-state index in [9.17, 15) is 0 Å². The van der Waals surface area contributed by atoms with E-state index in [4.69, 9.17) is 5.26 Å². The van der Waals surface area contributed by atoms with Gasteiger partial charge in [-0.05, 0) is 31.9 Å². The van der Waals surface area contributed by atoms with Crippen LogP contribution in [0.3, 0.4) is 0 Å². The summed E-state index contributed by atoms with van der Waals surface area (Å²) < 4.78 is 0. The average molecular weight is 201 g/mol. The first-order valence-corrected chi connectivity index (χ1v) is 5.31. The van der Waals surface area contributed by atoms with Gasteiger partial charge in [0.15, 0.2) is 0 Å². The van der Waals surface area contributed by atoms with Crippen LogP contribution in [0.15, 0.2) is 24.4 Å². The Hall–Kier alpha value is -1.56. The van der Waals surface area contributed by atoms with Gasteiger partial charge in [0, 0.05) is 19.3 Å². The number of anilines is 1. The van der Waals surface area contributed by atoms with E-state index < -0.39 is 0 Å². The molecule has 78 valence electrons. The number of nitriles is 1. The Balaban J connectivity index is 2.04. The van der Waals surface area contributed by atoms with Gasteiger partial charge in [-0.3, -0.25) is 0 Å². The first-order valence-electron chi connectivity index (χ1n) is 5.31. The van der Waals surface area contributed by atoms with E-state index in [1.807, 2.05) is 31.3 Å². The Bertz CT molecular complexity index is 358. The number of pyridine rings is 1. The van der Waals surface area contributed by atoms with Gasteiger partial charge in [-0.15, -0.1) is 0 Å². The molecule has 3 nitrogen and oxygen atoms in total. The highest BCUT2D eigenvalue weighted by atomic mass is 15.2. The van der Waals surface area contributed by atoms with Gasteiger partial charge in [0.2, 0.25) is 0 Å². The summed E-state index contributed by atoms with van der Waals surface area (Å²) in [5, 5.41) is 9.02. The molecular formula is C12H15N3. The van der Waals surface area contributed by atoms with Crippen LogP contribution in [-0.4, -0.2) is 18.1 Å². The van der Waals surface area contributed by atoms with Crippen LogP contribution in [0.5, 0.6) is 0 Å². The molecule has 0 radical (unpaired) electrons. The summed E-state index contributed by atoms with van der Waals surface area (Å²) in [5.74, 6) is 1.03. The van der Waals surface area contributed by atoms with Gasteiger partial charge < -0.3 is 4.90 Å². The van der Waals surface area contributed by atoms with Crippen molar-refractivity contribution in [3.05, 3.63) is 24.4 Å². The topological polar surface area (TPSA) is 39.9 Å². The number of aromatic nitrogens is 1. The smallest absolute Gasteiger partial charge is 0.128 e. The molecule has 0 N–H and O–H groups in total. The molecule has 0 spiro atoms. The molecular weight excluding hydrogens is 186 g/mol. The van der Waals surface area contributed by atoms with Crippen molar-refractivity contribution in [3.8, 4) is 6.07 Å². The molecule has 3 heteroatoms. The number of hydrogen-bond donors (Lipinski definition) is 0. The number of hydrogen-bond acceptors (Lipinski definition) is 3. The van der Waals surface area contributed by atoms with Gasteiger partial charge in [0.25, 0.3) is 0 Å². The molecule has 1 aliphatic heterocycles. The van der Waals surface area contributed by atoms with Crippen LogP contribution in [0.1, 0.15) is 19.8 Å². The molecule has 1 aromatic rings. The van der Waals surface area contributed by atoms with Gasteiger partial charge in [-0.1, -0.05) is 6.07 Å². The average Bonchev–Trinajstić information content (AvgIpc) is 2.31. The Morgan fingerprint density at radius 1 is 1.40 bits per heavy atom. The summed E-state index contributed by atoms with van der Waals surface area (Å²) in [6, 6.07) is 8.35. The molecule has 2 heterocycles. The molecule has 0 saturated carbocycles. The standard InChI is InChI=1S/C12H15N3/c1-12(10-13)5-8-15(9-6-12)11-4-2-3-7-14-11/h2-4,7H,5-6,8-9H2,1H3.